The molecule has 0 saturated carbocycles. The molecule has 0 bridgehead atoms. The molecule has 170 valence electrons. The number of carbonyl (C=O) groups excluding carboxylic acids is 2. The normalized spacial score (nSPS) is 17.5. The van der Waals surface area contributed by atoms with Crippen molar-refractivity contribution in [3.05, 3.63) is 65.5 Å². The van der Waals surface area contributed by atoms with Crippen molar-refractivity contribution < 1.29 is 14.2 Å². The average Bonchev–Trinajstić information content (AvgIpc) is 3.51. The Bertz CT molecular complexity index is 1250. The van der Waals surface area contributed by atoms with Gasteiger partial charge in [-0.15, -0.1) is 0 Å². The van der Waals surface area contributed by atoms with Gasteiger partial charge in [0.2, 0.25) is 11.9 Å². The van der Waals surface area contributed by atoms with Gasteiger partial charge in [0.1, 0.15) is 11.4 Å². The maximum atomic E-state index is 13.6. The van der Waals surface area contributed by atoms with E-state index in [-0.39, 0.29) is 18.5 Å². The van der Waals surface area contributed by atoms with Gasteiger partial charge >= 0.3 is 12.0 Å². The lowest BCUT2D eigenvalue weighted by Crippen LogP contribution is -2.57. The molecule has 1 atom stereocenters. The molecule has 3 amide bonds. The van der Waals surface area contributed by atoms with E-state index in [9.17, 15) is 9.59 Å². The number of amides is 3. The van der Waals surface area contributed by atoms with Crippen molar-refractivity contribution in [3.63, 3.8) is 0 Å². The smallest absolute Gasteiger partial charge is 0.337 e. The number of likely N-dealkylation sites (N-methyl/N-ethyl adjacent to an activating group) is 1. The number of aliphatic imine (C=N–C) groups is 1. The van der Waals surface area contributed by atoms with Crippen LogP contribution in [0.25, 0.3) is 0 Å². The largest absolute Gasteiger partial charge is 0.402 e. The van der Waals surface area contributed by atoms with Crippen molar-refractivity contribution in [2.24, 2.45) is 4.99 Å². The first-order chi connectivity index (χ1) is 15.9. The van der Waals surface area contributed by atoms with Crippen LogP contribution in [0.3, 0.4) is 0 Å². The number of fused-ring (bicyclic) bond motifs is 3. The fraction of sp³-hybridized carbons (Fsp3) is 0.375. The Labute approximate surface area is 192 Å². The fourth-order valence-electron chi connectivity index (χ4n) is 4.62. The molecule has 5 rings (SSSR count). The summed E-state index contributed by atoms with van der Waals surface area (Å²) in [5, 5.41) is 0. The van der Waals surface area contributed by atoms with Crippen LogP contribution in [0.4, 0.5) is 10.7 Å². The zero-order valence-corrected chi connectivity index (χ0v) is 19.4. The van der Waals surface area contributed by atoms with Crippen LogP contribution in [0.1, 0.15) is 35.0 Å². The molecule has 4 heterocycles. The number of urea groups is 1. The van der Waals surface area contributed by atoms with E-state index in [0.717, 1.165) is 48.0 Å². The molecule has 0 spiro atoms. The predicted octanol–water partition coefficient (Wildman–Crippen LogP) is 2.67. The van der Waals surface area contributed by atoms with Crippen molar-refractivity contribution in [2.45, 2.75) is 52.9 Å². The van der Waals surface area contributed by atoms with Crippen molar-refractivity contribution in [2.75, 3.05) is 7.05 Å². The quantitative estimate of drug-likeness (QED) is 0.546. The first kappa shape index (κ1) is 21.1. The molecule has 2 aliphatic rings. The summed E-state index contributed by atoms with van der Waals surface area (Å²) < 4.78 is 6.17. The van der Waals surface area contributed by atoms with Crippen LogP contribution < -0.4 is 4.57 Å². The summed E-state index contributed by atoms with van der Waals surface area (Å²) in [7, 11) is 1.70. The third-order valence-electron chi connectivity index (χ3n) is 6.64. The third-order valence-corrected chi connectivity index (χ3v) is 6.64. The lowest BCUT2D eigenvalue weighted by Gasteiger charge is -2.33. The number of carbonyl (C=O) groups is 2. The Morgan fingerprint density at radius 3 is 2.55 bits per heavy atom. The van der Waals surface area contributed by atoms with Crippen LogP contribution in [0.2, 0.25) is 0 Å². The molecule has 9 nitrogen and oxygen atoms in total. The predicted molar refractivity (Wildman–Crippen MR) is 122 cm³/mol. The van der Waals surface area contributed by atoms with Crippen LogP contribution in [-0.4, -0.2) is 48.7 Å². The van der Waals surface area contributed by atoms with Crippen molar-refractivity contribution >= 4 is 23.7 Å². The summed E-state index contributed by atoms with van der Waals surface area (Å²) in [4.78, 5) is 38.4. The topological polar surface area (TPSA) is 79.6 Å². The number of imidazole rings is 2. The molecule has 2 aromatic heterocycles. The highest BCUT2D eigenvalue weighted by atomic mass is 16.2. The minimum absolute atomic E-state index is 0.236. The highest BCUT2D eigenvalue weighted by Gasteiger charge is 2.54. The molecule has 1 aromatic carbocycles. The van der Waals surface area contributed by atoms with Crippen molar-refractivity contribution in [1.29, 1.82) is 0 Å². The highest BCUT2D eigenvalue weighted by molar-refractivity contribution is 6.20. The number of aromatic nitrogens is 4. The number of hydrogen-bond acceptors (Lipinski definition) is 4. The average molecular weight is 447 g/mol. The van der Waals surface area contributed by atoms with Gasteiger partial charge in [-0.1, -0.05) is 34.8 Å². The summed E-state index contributed by atoms with van der Waals surface area (Å²) in [5.74, 6) is 0.979. The molecular weight excluding hydrogens is 418 g/mol. The summed E-state index contributed by atoms with van der Waals surface area (Å²) in [6.07, 6.45) is 6.43. The van der Waals surface area contributed by atoms with E-state index in [1.54, 1.807) is 13.2 Å². The number of hydrogen-bond donors (Lipinski definition) is 0. The van der Waals surface area contributed by atoms with Gasteiger partial charge < -0.3 is 4.57 Å². The molecule has 0 aliphatic carbocycles. The Hall–Kier alpha value is -3.75. The highest BCUT2D eigenvalue weighted by Crippen LogP contribution is 2.35. The molecule has 2 aliphatic heterocycles. The second-order valence-corrected chi connectivity index (χ2v) is 8.77. The molecule has 9 heteroatoms. The van der Waals surface area contributed by atoms with Gasteiger partial charge in [0.25, 0.3) is 5.91 Å². The zero-order valence-electron chi connectivity index (χ0n) is 19.4. The van der Waals surface area contributed by atoms with Gasteiger partial charge in [-0.05, 0) is 32.8 Å². The number of amidine groups is 1. The van der Waals surface area contributed by atoms with E-state index in [2.05, 4.69) is 16.5 Å². The second kappa shape index (κ2) is 7.99. The van der Waals surface area contributed by atoms with Crippen LogP contribution in [0.5, 0.6) is 0 Å². The van der Waals surface area contributed by atoms with Crippen molar-refractivity contribution in [3.8, 4) is 0 Å². The standard InChI is InChI=1S/C24H28N7O2/c1-16-6-8-19(9-7-16)14-30-22(32)20-21(27(4)24(30)33)26-23-29(17(2)18(3)31(20)23)12-5-11-28-13-10-25-15-28/h6-10,13,15,20H,5,11-12,14H2,1-4H3/q+1. The van der Waals surface area contributed by atoms with E-state index in [1.807, 2.05) is 59.8 Å². The monoisotopic (exact) mass is 446 g/mol. The third kappa shape index (κ3) is 3.44. The maximum absolute atomic E-state index is 13.6. The molecular formula is C24H28N7O2+. The molecule has 0 radical (unpaired) electrons. The molecule has 33 heavy (non-hydrogen) atoms. The van der Waals surface area contributed by atoms with Crippen LogP contribution in [0.15, 0.2) is 48.0 Å². The summed E-state index contributed by atoms with van der Waals surface area (Å²) >= 11 is 0. The Morgan fingerprint density at radius 1 is 1.09 bits per heavy atom. The van der Waals surface area contributed by atoms with E-state index < -0.39 is 6.04 Å². The lowest BCUT2D eigenvalue weighted by atomic mass is 10.1. The van der Waals surface area contributed by atoms with Gasteiger partial charge in [0.15, 0.2) is 0 Å². The summed E-state index contributed by atoms with van der Waals surface area (Å²) in [6, 6.07) is 6.93. The first-order valence-electron chi connectivity index (χ1n) is 11.2. The molecule has 1 saturated heterocycles. The van der Waals surface area contributed by atoms with Gasteiger partial charge in [-0.2, -0.15) is 0 Å². The van der Waals surface area contributed by atoms with E-state index in [0.29, 0.717) is 5.84 Å². The number of rotatable bonds is 6. The van der Waals surface area contributed by atoms with Crippen LogP contribution in [-0.2, 0) is 24.4 Å². The fourth-order valence-corrected chi connectivity index (χ4v) is 4.62. The number of aryl methyl sites for hydroxylation is 2. The molecule has 3 aromatic rings. The van der Waals surface area contributed by atoms with E-state index in [1.165, 1.54) is 9.80 Å². The molecule has 0 N–H and O–H groups in total. The van der Waals surface area contributed by atoms with Gasteiger partial charge in [0, 0.05) is 26.0 Å². The van der Waals surface area contributed by atoms with Gasteiger partial charge in [0.05, 0.1) is 19.4 Å². The van der Waals surface area contributed by atoms with E-state index in [4.69, 9.17) is 4.99 Å². The minimum Gasteiger partial charge on any atom is -0.337 e. The van der Waals surface area contributed by atoms with Crippen LogP contribution >= 0.6 is 0 Å². The zero-order chi connectivity index (χ0) is 23.3. The Balaban J connectivity index is 1.45. The van der Waals surface area contributed by atoms with E-state index >= 15 is 0 Å². The van der Waals surface area contributed by atoms with Gasteiger partial charge in [-0.3, -0.25) is 14.6 Å². The lowest BCUT2D eigenvalue weighted by molar-refractivity contribution is -0.689. The number of nitrogens with zero attached hydrogens (tertiary/aromatic N) is 7. The summed E-state index contributed by atoms with van der Waals surface area (Å²) in [6.45, 7) is 7.93. The Morgan fingerprint density at radius 2 is 1.85 bits per heavy atom. The Kier molecular flexibility index (Phi) is 5.11. The first-order valence-corrected chi connectivity index (χ1v) is 11.2. The van der Waals surface area contributed by atoms with Gasteiger partial charge in [-0.25, -0.2) is 18.9 Å². The number of benzene rings is 1. The van der Waals surface area contributed by atoms with Crippen LogP contribution in [0, 0.1) is 20.8 Å². The maximum Gasteiger partial charge on any atom is 0.402 e. The minimum atomic E-state index is -0.623. The SMILES string of the molecule is Cc1ccc(CN2C(=O)C3C(=Nc4n3c(C)c(C)[n+]4CCCn3ccnc3)N(C)C2=O)cc1. The molecule has 1 unspecified atom stereocenters. The molecule has 1 fully saturated rings. The van der Waals surface area contributed by atoms with Crippen molar-refractivity contribution in [1.82, 2.24) is 23.9 Å². The number of imide groups is 1. The second-order valence-electron chi connectivity index (χ2n) is 8.77. The summed E-state index contributed by atoms with van der Waals surface area (Å²) in [5.41, 5.74) is 4.13.